The highest BCUT2D eigenvalue weighted by Crippen LogP contribution is 2.11. The first-order chi connectivity index (χ1) is 14.4. The van der Waals surface area contributed by atoms with Crippen LogP contribution in [0, 0.1) is 0 Å². The third-order valence-corrected chi connectivity index (χ3v) is 4.28. The maximum absolute atomic E-state index is 12.4. The van der Waals surface area contributed by atoms with Crippen LogP contribution >= 0.6 is 0 Å². The number of nitrogens with one attached hydrogen (secondary N) is 1. The molecule has 8 heteroatoms. The van der Waals surface area contributed by atoms with E-state index in [4.69, 9.17) is 15.2 Å². The van der Waals surface area contributed by atoms with Gasteiger partial charge in [0.05, 0.1) is 13.2 Å². The van der Waals surface area contributed by atoms with Crippen molar-refractivity contribution in [2.75, 3.05) is 13.2 Å². The van der Waals surface area contributed by atoms with Crippen LogP contribution in [0.25, 0.3) is 0 Å². The monoisotopic (exact) mass is 413 g/mol. The van der Waals surface area contributed by atoms with Gasteiger partial charge in [0.2, 0.25) is 0 Å². The van der Waals surface area contributed by atoms with E-state index in [1.807, 2.05) is 24.3 Å². The van der Waals surface area contributed by atoms with Gasteiger partial charge in [0, 0.05) is 12.6 Å². The molecule has 160 valence electrons. The zero-order chi connectivity index (χ0) is 21.9. The molecule has 0 saturated heterocycles. The summed E-state index contributed by atoms with van der Waals surface area (Å²) < 4.78 is 10.0. The van der Waals surface area contributed by atoms with E-state index in [1.165, 1.54) is 6.20 Å². The molecule has 0 saturated carbocycles. The normalized spacial score (nSPS) is 12.5. The molecule has 0 fully saturated rings. The number of nitrogens with zero attached hydrogens (tertiary/aromatic N) is 1. The van der Waals surface area contributed by atoms with Gasteiger partial charge in [-0.1, -0.05) is 30.3 Å². The molecule has 0 aliphatic carbocycles. The van der Waals surface area contributed by atoms with E-state index in [9.17, 15) is 14.4 Å². The van der Waals surface area contributed by atoms with Crippen LogP contribution in [0.5, 0.6) is 0 Å². The number of pyridine rings is 1. The Morgan fingerprint density at radius 2 is 1.53 bits per heavy atom. The summed E-state index contributed by atoms with van der Waals surface area (Å²) in [5.74, 6) is -1.41. The third kappa shape index (κ3) is 6.97. The van der Waals surface area contributed by atoms with Crippen LogP contribution in [-0.4, -0.2) is 48.1 Å². The topological polar surface area (TPSA) is 121 Å². The van der Waals surface area contributed by atoms with E-state index in [-0.39, 0.29) is 25.3 Å². The van der Waals surface area contributed by atoms with Crippen LogP contribution < -0.4 is 11.1 Å². The van der Waals surface area contributed by atoms with Crippen LogP contribution in [0.2, 0.25) is 0 Å². The van der Waals surface area contributed by atoms with E-state index in [1.54, 1.807) is 32.0 Å². The number of hydrogen-bond donors (Lipinski definition) is 2. The number of aromatic nitrogens is 1. The van der Waals surface area contributed by atoms with Gasteiger partial charge in [-0.25, -0.2) is 4.79 Å². The standard InChI is InChI=1S/C22H27N3O5/c1-3-29-21(27)17(23)13-15-8-10-16(11-9-15)14-19(22(28)30-4-2)25-20(26)18-7-5-6-12-24-18/h5-12,17,19H,3-4,13-14,23H2,1-2H3,(H,25,26)/t17-,19-/m1/s1. The van der Waals surface area contributed by atoms with Crippen LogP contribution in [0.15, 0.2) is 48.7 Å². The lowest BCUT2D eigenvalue weighted by Crippen LogP contribution is -2.43. The molecule has 0 spiro atoms. The molecule has 0 aliphatic rings. The summed E-state index contributed by atoms with van der Waals surface area (Å²) in [5.41, 5.74) is 7.75. The smallest absolute Gasteiger partial charge is 0.328 e. The number of carbonyl (C=O) groups is 3. The van der Waals surface area contributed by atoms with Crippen molar-refractivity contribution < 1.29 is 23.9 Å². The van der Waals surface area contributed by atoms with Crippen LogP contribution in [-0.2, 0) is 31.9 Å². The number of amides is 1. The number of nitrogens with two attached hydrogens (primary N) is 1. The fourth-order valence-corrected chi connectivity index (χ4v) is 2.80. The molecule has 30 heavy (non-hydrogen) atoms. The van der Waals surface area contributed by atoms with Gasteiger partial charge in [-0.3, -0.25) is 14.6 Å². The molecule has 3 N–H and O–H groups in total. The SMILES string of the molecule is CCOC(=O)[C@H](N)Cc1ccc(C[C@@H](NC(=O)c2ccccn2)C(=O)OCC)cc1. The Morgan fingerprint density at radius 3 is 2.10 bits per heavy atom. The predicted molar refractivity (Wildman–Crippen MR) is 111 cm³/mol. The van der Waals surface area contributed by atoms with Gasteiger partial charge in [-0.15, -0.1) is 0 Å². The van der Waals surface area contributed by atoms with Gasteiger partial charge in [0.25, 0.3) is 5.91 Å². The molecule has 2 rings (SSSR count). The number of carbonyl (C=O) groups excluding carboxylic acids is 3. The van der Waals surface area contributed by atoms with Crippen molar-refractivity contribution >= 4 is 17.8 Å². The highest BCUT2D eigenvalue weighted by molar-refractivity contribution is 5.95. The average Bonchev–Trinajstić information content (AvgIpc) is 2.75. The molecule has 1 aromatic carbocycles. The molecule has 0 radical (unpaired) electrons. The van der Waals surface area contributed by atoms with E-state index in [0.29, 0.717) is 6.42 Å². The minimum Gasteiger partial charge on any atom is -0.465 e. The van der Waals surface area contributed by atoms with Gasteiger partial charge >= 0.3 is 11.9 Å². The second kappa shape index (κ2) is 11.7. The van der Waals surface area contributed by atoms with Crippen LogP contribution in [0.1, 0.15) is 35.5 Å². The molecule has 0 bridgehead atoms. The quantitative estimate of drug-likeness (QED) is 0.565. The molecule has 1 aromatic heterocycles. The largest absolute Gasteiger partial charge is 0.465 e. The summed E-state index contributed by atoms with van der Waals surface area (Å²) in [6.45, 7) is 3.92. The summed E-state index contributed by atoms with van der Waals surface area (Å²) in [4.78, 5) is 40.4. The Hall–Kier alpha value is -3.26. The van der Waals surface area contributed by atoms with Crippen molar-refractivity contribution in [1.29, 1.82) is 0 Å². The van der Waals surface area contributed by atoms with Crippen molar-refractivity contribution in [1.82, 2.24) is 10.3 Å². The Balaban J connectivity index is 2.05. The third-order valence-electron chi connectivity index (χ3n) is 4.28. The van der Waals surface area contributed by atoms with E-state index >= 15 is 0 Å². The van der Waals surface area contributed by atoms with Crippen LogP contribution in [0.4, 0.5) is 0 Å². The summed E-state index contributed by atoms with van der Waals surface area (Å²) in [6.07, 6.45) is 2.10. The van der Waals surface area contributed by atoms with E-state index in [2.05, 4.69) is 10.3 Å². The Bertz CT molecular complexity index is 840. The summed E-state index contributed by atoms with van der Waals surface area (Å²) in [6, 6.07) is 10.7. The summed E-state index contributed by atoms with van der Waals surface area (Å²) >= 11 is 0. The highest BCUT2D eigenvalue weighted by atomic mass is 16.5. The zero-order valence-electron chi connectivity index (χ0n) is 17.2. The lowest BCUT2D eigenvalue weighted by Gasteiger charge is -2.17. The molecule has 2 atom stereocenters. The van der Waals surface area contributed by atoms with Gasteiger partial charge in [-0.2, -0.15) is 0 Å². The molecular weight excluding hydrogens is 386 g/mol. The van der Waals surface area contributed by atoms with Crippen molar-refractivity contribution in [3.63, 3.8) is 0 Å². The van der Waals surface area contributed by atoms with E-state index in [0.717, 1.165) is 11.1 Å². The van der Waals surface area contributed by atoms with Crippen molar-refractivity contribution in [3.05, 3.63) is 65.5 Å². The lowest BCUT2D eigenvalue weighted by atomic mass is 10.0. The Morgan fingerprint density at radius 1 is 0.933 bits per heavy atom. The lowest BCUT2D eigenvalue weighted by molar-refractivity contribution is -0.145. The number of ether oxygens (including phenoxy) is 2. The van der Waals surface area contributed by atoms with Crippen molar-refractivity contribution in [2.24, 2.45) is 5.73 Å². The van der Waals surface area contributed by atoms with Crippen LogP contribution in [0.3, 0.4) is 0 Å². The number of benzene rings is 1. The minimum absolute atomic E-state index is 0.208. The zero-order valence-corrected chi connectivity index (χ0v) is 17.2. The van der Waals surface area contributed by atoms with Gasteiger partial charge < -0.3 is 20.5 Å². The fraction of sp³-hybridized carbons (Fsp3) is 0.364. The Kier molecular flexibility index (Phi) is 8.96. The number of esters is 2. The van der Waals surface area contributed by atoms with E-state index < -0.39 is 29.9 Å². The minimum atomic E-state index is -0.855. The maximum Gasteiger partial charge on any atom is 0.328 e. The first kappa shape index (κ1) is 23.0. The first-order valence-electron chi connectivity index (χ1n) is 9.83. The van der Waals surface area contributed by atoms with Gasteiger partial charge in [-0.05, 0) is 43.5 Å². The summed E-state index contributed by atoms with van der Waals surface area (Å²) in [5, 5.41) is 2.69. The Labute approximate surface area is 175 Å². The van der Waals surface area contributed by atoms with Crippen molar-refractivity contribution in [3.8, 4) is 0 Å². The van der Waals surface area contributed by atoms with Gasteiger partial charge in [0.1, 0.15) is 17.8 Å². The molecule has 8 nitrogen and oxygen atoms in total. The maximum atomic E-state index is 12.4. The molecule has 2 aromatic rings. The highest BCUT2D eigenvalue weighted by Gasteiger charge is 2.24. The predicted octanol–water partition coefficient (Wildman–Crippen LogP) is 1.42. The second-order valence-electron chi connectivity index (χ2n) is 6.58. The van der Waals surface area contributed by atoms with Crippen molar-refractivity contribution in [2.45, 2.75) is 38.8 Å². The molecule has 1 heterocycles. The molecular formula is C22H27N3O5. The number of rotatable bonds is 10. The second-order valence-corrected chi connectivity index (χ2v) is 6.58. The summed E-state index contributed by atoms with van der Waals surface area (Å²) in [7, 11) is 0. The number of hydrogen-bond acceptors (Lipinski definition) is 7. The fourth-order valence-electron chi connectivity index (χ4n) is 2.80. The molecule has 0 unspecified atom stereocenters. The molecule has 1 amide bonds. The van der Waals surface area contributed by atoms with Gasteiger partial charge in [0.15, 0.2) is 0 Å². The first-order valence-corrected chi connectivity index (χ1v) is 9.83. The average molecular weight is 413 g/mol. The molecule has 0 aliphatic heterocycles.